The van der Waals surface area contributed by atoms with Crippen LogP contribution >= 0.6 is 24.0 Å². The zero-order valence-electron chi connectivity index (χ0n) is 17.5. The average Bonchev–Trinajstić information content (AvgIpc) is 3.46. The predicted molar refractivity (Wildman–Crippen MR) is 130 cm³/mol. The van der Waals surface area contributed by atoms with Gasteiger partial charge in [0.2, 0.25) is 0 Å². The number of aliphatic imine (C=N–C) groups is 1. The number of hydrogen-bond acceptors (Lipinski definition) is 4. The van der Waals surface area contributed by atoms with Crippen molar-refractivity contribution < 1.29 is 9.21 Å². The molecule has 3 N–H and O–H groups in total. The molecule has 1 aromatic heterocycles. The van der Waals surface area contributed by atoms with Gasteiger partial charge >= 0.3 is 0 Å². The van der Waals surface area contributed by atoms with Gasteiger partial charge in [0, 0.05) is 25.2 Å². The van der Waals surface area contributed by atoms with Crippen molar-refractivity contribution in [1.29, 1.82) is 0 Å². The van der Waals surface area contributed by atoms with Crippen LogP contribution in [0.1, 0.15) is 41.9 Å². The molecule has 1 amide bonds. The molecule has 0 aliphatic carbocycles. The van der Waals surface area contributed by atoms with Gasteiger partial charge in [-0.3, -0.25) is 14.7 Å². The number of amides is 1. The highest BCUT2D eigenvalue weighted by molar-refractivity contribution is 14.0. The maximum atomic E-state index is 12.1. The van der Waals surface area contributed by atoms with Crippen LogP contribution in [0.3, 0.4) is 0 Å². The minimum atomic E-state index is -0.0683. The fourth-order valence-electron chi connectivity index (χ4n) is 3.49. The molecule has 2 heterocycles. The number of furan rings is 1. The number of carbonyl (C=O) groups is 1. The lowest BCUT2D eigenvalue weighted by molar-refractivity contribution is 0.0954. The SMILES string of the molecule is CCNC(=NCC(c1ccco1)N1CCCC1)NCCNC(=O)c1ccccc1.I. The summed E-state index contributed by atoms with van der Waals surface area (Å²) < 4.78 is 5.67. The van der Waals surface area contributed by atoms with Crippen LogP contribution in [0.25, 0.3) is 0 Å². The van der Waals surface area contributed by atoms with Gasteiger partial charge in [-0.05, 0) is 57.1 Å². The van der Waals surface area contributed by atoms with Crippen LogP contribution in [0.4, 0.5) is 0 Å². The molecule has 1 aliphatic heterocycles. The van der Waals surface area contributed by atoms with Crippen LogP contribution in [0, 0.1) is 0 Å². The van der Waals surface area contributed by atoms with Crippen molar-refractivity contribution in [3.63, 3.8) is 0 Å². The number of nitrogens with one attached hydrogen (secondary N) is 3. The monoisotopic (exact) mass is 525 g/mol. The van der Waals surface area contributed by atoms with E-state index in [1.165, 1.54) is 12.8 Å². The van der Waals surface area contributed by atoms with Crippen LogP contribution in [-0.4, -0.2) is 56.0 Å². The fourth-order valence-corrected chi connectivity index (χ4v) is 3.49. The molecule has 0 bridgehead atoms. The van der Waals surface area contributed by atoms with E-state index in [0.29, 0.717) is 25.2 Å². The smallest absolute Gasteiger partial charge is 0.251 e. The molecule has 1 saturated heterocycles. The number of guanidine groups is 1. The van der Waals surface area contributed by atoms with Crippen molar-refractivity contribution >= 4 is 35.8 Å². The van der Waals surface area contributed by atoms with E-state index in [-0.39, 0.29) is 35.9 Å². The van der Waals surface area contributed by atoms with Gasteiger partial charge in [0.05, 0.1) is 18.8 Å². The van der Waals surface area contributed by atoms with E-state index in [9.17, 15) is 4.79 Å². The summed E-state index contributed by atoms with van der Waals surface area (Å²) in [6.45, 7) is 6.72. The summed E-state index contributed by atoms with van der Waals surface area (Å²) in [5, 5.41) is 9.49. The number of carbonyl (C=O) groups excluding carboxylic acids is 1. The first kappa shape index (κ1) is 24.2. The standard InChI is InChI=1S/C22H31N5O2.HI/c1-2-23-22(25-13-12-24-21(28)18-9-4-3-5-10-18)26-17-19(20-11-8-16-29-20)27-14-6-7-15-27;/h3-5,8-11,16,19H,2,6-7,12-15,17H2,1H3,(H,24,28)(H2,23,25,26);1H. The molecule has 0 saturated carbocycles. The fraction of sp³-hybridized carbons (Fsp3) is 0.455. The van der Waals surface area contributed by atoms with E-state index in [0.717, 1.165) is 31.4 Å². The lowest BCUT2D eigenvalue weighted by Gasteiger charge is -2.24. The molecule has 3 rings (SSSR count). The van der Waals surface area contributed by atoms with Crippen molar-refractivity contribution in [2.75, 3.05) is 39.3 Å². The van der Waals surface area contributed by atoms with E-state index in [4.69, 9.17) is 9.41 Å². The van der Waals surface area contributed by atoms with E-state index < -0.39 is 0 Å². The molecule has 8 heteroatoms. The molecule has 30 heavy (non-hydrogen) atoms. The summed E-state index contributed by atoms with van der Waals surface area (Å²) in [6, 6.07) is 13.3. The molecule has 1 atom stereocenters. The van der Waals surface area contributed by atoms with Crippen molar-refractivity contribution in [2.24, 2.45) is 4.99 Å². The molecule has 1 aromatic carbocycles. The quantitative estimate of drug-likeness (QED) is 0.203. The first-order chi connectivity index (χ1) is 14.3. The number of likely N-dealkylation sites (tertiary alicyclic amines) is 1. The Balaban J connectivity index is 0.00000320. The lowest BCUT2D eigenvalue weighted by atomic mass is 10.2. The van der Waals surface area contributed by atoms with Crippen molar-refractivity contribution in [1.82, 2.24) is 20.9 Å². The molecular formula is C22H32IN5O2. The van der Waals surface area contributed by atoms with Gasteiger partial charge in [0.15, 0.2) is 5.96 Å². The topological polar surface area (TPSA) is 81.9 Å². The van der Waals surface area contributed by atoms with Crippen LogP contribution in [0.2, 0.25) is 0 Å². The van der Waals surface area contributed by atoms with Gasteiger partial charge < -0.3 is 20.4 Å². The zero-order chi connectivity index (χ0) is 20.3. The number of halogens is 1. The summed E-state index contributed by atoms with van der Waals surface area (Å²) in [7, 11) is 0. The molecule has 2 aromatic rings. The van der Waals surface area contributed by atoms with Crippen LogP contribution in [0.15, 0.2) is 58.1 Å². The largest absolute Gasteiger partial charge is 0.468 e. The number of nitrogens with zero attached hydrogens (tertiary/aromatic N) is 2. The van der Waals surface area contributed by atoms with Crippen LogP contribution in [0.5, 0.6) is 0 Å². The van der Waals surface area contributed by atoms with Crippen molar-refractivity contribution in [3.05, 3.63) is 60.1 Å². The Bertz CT molecular complexity index is 761. The number of benzene rings is 1. The number of hydrogen-bond donors (Lipinski definition) is 3. The van der Waals surface area contributed by atoms with Gasteiger partial charge in [-0.15, -0.1) is 24.0 Å². The summed E-state index contributed by atoms with van der Waals surface area (Å²) >= 11 is 0. The molecule has 1 unspecified atom stereocenters. The summed E-state index contributed by atoms with van der Waals surface area (Å²) in [6.07, 6.45) is 4.17. The molecule has 0 radical (unpaired) electrons. The second-order valence-corrected chi connectivity index (χ2v) is 7.04. The Morgan fingerprint density at radius 2 is 1.80 bits per heavy atom. The molecule has 1 fully saturated rings. The normalized spacial score (nSPS) is 15.3. The zero-order valence-corrected chi connectivity index (χ0v) is 19.8. The van der Waals surface area contributed by atoms with E-state index in [1.54, 1.807) is 18.4 Å². The first-order valence-corrected chi connectivity index (χ1v) is 10.4. The Hall–Kier alpha value is -2.07. The van der Waals surface area contributed by atoms with Crippen molar-refractivity contribution in [3.8, 4) is 0 Å². The highest BCUT2D eigenvalue weighted by Gasteiger charge is 2.25. The highest BCUT2D eigenvalue weighted by Crippen LogP contribution is 2.25. The third kappa shape index (κ3) is 7.32. The molecule has 1 aliphatic rings. The Morgan fingerprint density at radius 1 is 1.07 bits per heavy atom. The summed E-state index contributed by atoms with van der Waals surface area (Å²) in [5.74, 6) is 1.64. The second-order valence-electron chi connectivity index (χ2n) is 7.04. The first-order valence-electron chi connectivity index (χ1n) is 10.4. The maximum absolute atomic E-state index is 12.1. The third-order valence-electron chi connectivity index (χ3n) is 4.96. The van der Waals surface area contributed by atoms with E-state index in [2.05, 4.69) is 20.9 Å². The van der Waals surface area contributed by atoms with Crippen LogP contribution < -0.4 is 16.0 Å². The highest BCUT2D eigenvalue weighted by atomic mass is 127. The maximum Gasteiger partial charge on any atom is 0.251 e. The average molecular weight is 525 g/mol. The van der Waals surface area contributed by atoms with Gasteiger partial charge in [-0.2, -0.15) is 0 Å². The van der Waals surface area contributed by atoms with Gasteiger partial charge in [0.25, 0.3) is 5.91 Å². The molecule has 7 nitrogen and oxygen atoms in total. The summed E-state index contributed by atoms with van der Waals surface area (Å²) in [4.78, 5) is 19.3. The predicted octanol–water partition coefficient (Wildman–Crippen LogP) is 3.02. The third-order valence-corrected chi connectivity index (χ3v) is 4.96. The minimum absolute atomic E-state index is 0. The number of rotatable bonds is 9. The molecule has 164 valence electrons. The second kappa shape index (κ2) is 13.3. The van der Waals surface area contributed by atoms with Gasteiger partial charge in [-0.1, -0.05) is 18.2 Å². The van der Waals surface area contributed by atoms with Gasteiger partial charge in [-0.25, -0.2) is 0 Å². The lowest BCUT2D eigenvalue weighted by Crippen LogP contribution is -2.42. The van der Waals surface area contributed by atoms with E-state index in [1.807, 2.05) is 37.3 Å². The van der Waals surface area contributed by atoms with E-state index >= 15 is 0 Å². The summed E-state index contributed by atoms with van der Waals surface area (Å²) in [5.41, 5.74) is 0.667. The molecular weight excluding hydrogens is 493 g/mol. The Morgan fingerprint density at radius 3 is 2.47 bits per heavy atom. The molecule has 0 spiro atoms. The van der Waals surface area contributed by atoms with Crippen molar-refractivity contribution in [2.45, 2.75) is 25.8 Å². The van der Waals surface area contributed by atoms with Gasteiger partial charge in [0.1, 0.15) is 5.76 Å². The van der Waals surface area contributed by atoms with Crippen LogP contribution in [-0.2, 0) is 0 Å². The Labute approximate surface area is 195 Å². The Kier molecular flexibility index (Phi) is 10.7. The minimum Gasteiger partial charge on any atom is -0.468 e.